The zero-order valence-electron chi connectivity index (χ0n) is 9.18. The van der Waals surface area contributed by atoms with Crippen LogP contribution in [0.2, 0.25) is 0 Å². The van der Waals surface area contributed by atoms with Crippen LogP contribution in [-0.2, 0) is 0 Å². The van der Waals surface area contributed by atoms with Gasteiger partial charge in [-0.2, -0.15) is 11.8 Å². The van der Waals surface area contributed by atoms with Gasteiger partial charge in [0.05, 0.1) is 11.9 Å². The summed E-state index contributed by atoms with van der Waals surface area (Å²) in [7, 11) is 0. The first-order chi connectivity index (χ1) is 7.15. The van der Waals surface area contributed by atoms with E-state index in [-0.39, 0.29) is 0 Å². The van der Waals surface area contributed by atoms with E-state index < -0.39 is 0 Å². The predicted molar refractivity (Wildman–Crippen MR) is 67.4 cm³/mol. The lowest BCUT2D eigenvalue weighted by Gasteiger charge is -2.35. The Hall–Kier alpha value is -0.900. The van der Waals surface area contributed by atoms with Crippen LogP contribution in [0, 0.1) is 0 Å². The highest BCUT2D eigenvalue weighted by Gasteiger charge is 2.22. The van der Waals surface area contributed by atoms with Gasteiger partial charge in [0.15, 0.2) is 0 Å². The van der Waals surface area contributed by atoms with Gasteiger partial charge in [-0.15, -0.1) is 0 Å². The number of nitrogen functional groups attached to an aromatic ring is 1. The third kappa shape index (κ3) is 2.56. The fraction of sp³-hybridized carbons (Fsp3) is 0.545. The van der Waals surface area contributed by atoms with E-state index in [1.807, 2.05) is 23.9 Å². The zero-order chi connectivity index (χ0) is 10.8. The summed E-state index contributed by atoms with van der Waals surface area (Å²) in [5.41, 5.74) is 6.35. The average molecular weight is 223 g/mol. The van der Waals surface area contributed by atoms with Gasteiger partial charge in [0.2, 0.25) is 0 Å². The quantitative estimate of drug-likeness (QED) is 0.790. The first kappa shape index (κ1) is 10.6. The Morgan fingerprint density at radius 1 is 1.33 bits per heavy atom. The topological polar surface area (TPSA) is 42.1 Å². The lowest BCUT2D eigenvalue weighted by molar-refractivity contribution is 0.719. The van der Waals surface area contributed by atoms with Gasteiger partial charge in [0.1, 0.15) is 5.82 Å². The van der Waals surface area contributed by atoms with Crippen LogP contribution in [-0.4, -0.2) is 28.6 Å². The molecule has 0 radical (unpaired) electrons. The SMILES string of the molecule is CC1CN(c2ccc(N)cn2)CC(C)S1. The molecule has 2 N–H and O–H groups in total. The molecule has 0 aliphatic carbocycles. The van der Waals surface area contributed by atoms with E-state index >= 15 is 0 Å². The van der Waals surface area contributed by atoms with Crippen molar-refractivity contribution in [2.24, 2.45) is 0 Å². The monoisotopic (exact) mass is 223 g/mol. The molecule has 0 saturated carbocycles. The van der Waals surface area contributed by atoms with E-state index in [9.17, 15) is 0 Å². The van der Waals surface area contributed by atoms with E-state index in [1.54, 1.807) is 6.20 Å². The first-order valence-corrected chi connectivity index (χ1v) is 6.21. The van der Waals surface area contributed by atoms with Crippen LogP contribution in [0.15, 0.2) is 18.3 Å². The summed E-state index contributed by atoms with van der Waals surface area (Å²) in [5.74, 6) is 1.04. The summed E-state index contributed by atoms with van der Waals surface area (Å²) in [5, 5.41) is 1.35. The van der Waals surface area contributed by atoms with E-state index in [4.69, 9.17) is 5.73 Å². The summed E-state index contributed by atoms with van der Waals surface area (Å²) in [6.45, 7) is 6.69. The molecule has 1 fully saturated rings. The van der Waals surface area contributed by atoms with Crippen LogP contribution in [0.4, 0.5) is 11.5 Å². The third-order valence-electron chi connectivity index (χ3n) is 2.51. The summed E-state index contributed by atoms with van der Waals surface area (Å²) >= 11 is 2.05. The van der Waals surface area contributed by atoms with Gasteiger partial charge in [-0.3, -0.25) is 0 Å². The molecule has 1 aliphatic heterocycles. The number of rotatable bonds is 1. The van der Waals surface area contributed by atoms with Crippen molar-refractivity contribution in [3.8, 4) is 0 Å². The number of anilines is 2. The molecule has 2 heterocycles. The lowest BCUT2D eigenvalue weighted by atomic mass is 10.3. The maximum atomic E-state index is 5.63. The molecular formula is C11H17N3S. The highest BCUT2D eigenvalue weighted by molar-refractivity contribution is 8.00. The minimum absolute atomic E-state index is 0.674. The second-order valence-electron chi connectivity index (χ2n) is 4.11. The number of hydrogen-bond acceptors (Lipinski definition) is 4. The van der Waals surface area contributed by atoms with Crippen molar-refractivity contribution in [3.63, 3.8) is 0 Å². The van der Waals surface area contributed by atoms with Crippen LogP contribution in [0.3, 0.4) is 0 Å². The average Bonchev–Trinajstić information content (AvgIpc) is 2.17. The number of nitrogens with zero attached hydrogens (tertiary/aromatic N) is 2. The highest BCUT2D eigenvalue weighted by Crippen LogP contribution is 2.27. The molecule has 82 valence electrons. The number of aromatic nitrogens is 1. The lowest BCUT2D eigenvalue weighted by Crippen LogP contribution is -2.40. The van der Waals surface area contributed by atoms with Gasteiger partial charge in [-0.25, -0.2) is 4.98 Å². The van der Waals surface area contributed by atoms with Gasteiger partial charge in [-0.1, -0.05) is 13.8 Å². The minimum atomic E-state index is 0.674. The Morgan fingerprint density at radius 2 is 2.00 bits per heavy atom. The minimum Gasteiger partial charge on any atom is -0.397 e. The normalized spacial score (nSPS) is 26.7. The molecular weight excluding hydrogens is 206 g/mol. The summed E-state index contributed by atoms with van der Waals surface area (Å²) in [6.07, 6.45) is 1.73. The number of pyridine rings is 1. The highest BCUT2D eigenvalue weighted by atomic mass is 32.2. The number of thioether (sulfide) groups is 1. The molecule has 0 bridgehead atoms. The van der Waals surface area contributed by atoms with Crippen LogP contribution in [0.5, 0.6) is 0 Å². The zero-order valence-corrected chi connectivity index (χ0v) is 10.00. The maximum Gasteiger partial charge on any atom is 0.128 e. The van der Waals surface area contributed by atoms with Crippen molar-refractivity contribution >= 4 is 23.3 Å². The largest absolute Gasteiger partial charge is 0.397 e. The molecule has 1 aromatic rings. The van der Waals surface area contributed by atoms with Gasteiger partial charge < -0.3 is 10.6 Å². The van der Waals surface area contributed by atoms with E-state index in [2.05, 4.69) is 23.7 Å². The second-order valence-corrected chi connectivity index (χ2v) is 5.99. The van der Waals surface area contributed by atoms with Crippen LogP contribution >= 0.6 is 11.8 Å². The Morgan fingerprint density at radius 3 is 2.53 bits per heavy atom. The molecule has 2 rings (SSSR count). The molecule has 0 aromatic carbocycles. The van der Waals surface area contributed by atoms with Gasteiger partial charge in [0, 0.05) is 23.6 Å². The Labute approximate surface area is 95.1 Å². The number of hydrogen-bond donors (Lipinski definition) is 1. The van der Waals surface area contributed by atoms with Crippen molar-refractivity contribution in [2.75, 3.05) is 23.7 Å². The van der Waals surface area contributed by atoms with Crippen LogP contribution in [0.1, 0.15) is 13.8 Å². The molecule has 2 unspecified atom stereocenters. The second kappa shape index (κ2) is 4.31. The molecule has 2 atom stereocenters. The predicted octanol–water partition coefficient (Wildman–Crippen LogP) is 1.99. The van der Waals surface area contributed by atoms with Crippen LogP contribution in [0.25, 0.3) is 0 Å². The van der Waals surface area contributed by atoms with Crippen molar-refractivity contribution in [1.82, 2.24) is 4.98 Å². The maximum absolute atomic E-state index is 5.63. The smallest absolute Gasteiger partial charge is 0.128 e. The van der Waals surface area contributed by atoms with Crippen molar-refractivity contribution in [1.29, 1.82) is 0 Å². The fourth-order valence-electron chi connectivity index (χ4n) is 1.95. The van der Waals surface area contributed by atoms with Crippen molar-refractivity contribution in [3.05, 3.63) is 18.3 Å². The van der Waals surface area contributed by atoms with Crippen molar-refractivity contribution < 1.29 is 0 Å². The molecule has 4 heteroatoms. The van der Waals surface area contributed by atoms with Gasteiger partial charge in [0.25, 0.3) is 0 Å². The van der Waals surface area contributed by atoms with E-state index in [1.165, 1.54) is 0 Å². The molecule has 3 nitrogen and oxygen atoms in total. The first-order valence-electron chi connectivity index (χ1n) is 5.27. The molecule has 1 aromatic heterocycles. The Bertz CT molecular complexity index is 315. The van der Waals surface area contributed by atoms with Gasteiger partial charge in [-0.05, 0) is 12.1 Å². The number of nitrogens with two attached hydrogens (primary N) is 1. The van der Waals surface area contributed by atoms with Crippen molar-refractivity contribution in [2.45, 2.75) is 24.3 Å². The summed E-state index contributed by atoms with van der Waals surface area (Å²) in [4.78, 5) is 6.70. The molecule has 0 amide bonds. The summed E-state index contributed by atoms with van der Waals surface area (Å²) < 4.78 is 0. The molecule has 1 aliphatic rings. The third-order valence-corrected chi connectivity index (χ3v) is 3.74. The van der Waals surface area contributed by atoms with E-state index in [0.29, 0.717) is 10.5 Å². The summed E-state index contributed by atoms with van der Waals surface area (Å²) in [6, 6.07) is 3.92. The van der Waals surface area contributed by atoms with E-state index in [0.717, 1.165) is 24.6 Å². The standard InChI is InChI=1S/C11H17N3S/c1-8-6-14(7-9(2)15-8)11-4-3-10(12)5-13-11/h3-5,8-9H,6-7,12H2,1-2H3. The molecule has 15 heavy (non-hydrogen) atoms. The Balaban J connectivity index is 2.12. The van der Waals surface area contributed by atoms with Crippen LogP contribution < -0.4 is 10.6 Å². The van der Waals surface area contributed by atoms with Gasteiger partial charge >= 0.3 is 0 Å². The fourth-order valence-corrected chi connectivity index (χ4v) is 3.27. The Kier molecular flexibility index (Phi) is 3.05. The molecule has 0 spiro atoms. The molecule has 1 saturated heterocycles.